The third kappa shape index (κ3) is 6.29. The summed E-state index contributed by atoms with van der Waals surface area (Å²) >= 11 is 0. The first-order valence-electron chi connectivity index (χ1n) is 11.9. The lowest BCUT2D eigenvalue weighted by molar-refractivity contribution is -0.158. The molecule has 7 nitrogen and oxygen atoms in total. The largest absolute Gasteiger partial charge is 0.476 e. The van der Waals surface area contributed by atoms with E-state index in [1.165, 1.54) is 5.56 Å². The molecular weight excluding hydrogens is 442 g/mol. The molecule has 0 unspecified atom stereocenters. The summed E-state index contributed by atoms with van der Waals surface area (Å²) in [5, 5.41) is 7.48. The van der Waals surface area contributed by atoms with Gasteiger partial charge in [0.1, 0.15) is 11.4 Å². The third-order valence-corrected chi connectivity index (χ3v) is 5.81. The van der Waals surface area contributed by atoms with Gasteiger partial charge in [-0.15, -0.1) is 0 Å². The van der Waals surface area contributed by atoms with Crippen LogP contribution in [0.3, 0.4) is 0 Å². The van der Waals surface area contributed by atoms with Gasteiger partial charge in [-0.2, -0.15) is 5.10 Å². The molecule has 1 aromatic heterocycles. The number of hydrogen-bond acceptors (Lipinski definition) is 5. The molecule has 0 bridgehead atoms. The number of esters is 1. The number of aryl methyl sites for hydroxylation is 2. The summed E-state index contributed by atoms with van der Waals surface area (Å²) in [6, 6.07) is 15.7. The molecule has 3 rings (SSSR count). The van der Waals surface area contributed by atoms with Crippen molar-refractivity contribution in [3.63, 3.8) is 0 Å². The van der Waals surface area contributed by atoms with Gasteiger partial charge in [0.2, 0.25) is 0 Å². The summed E-state index contributed by atoms with van der Waals surface area (Å²) in [6.07, 6.45) is 0. The first kappa shape index (κ1) is 26.0. The Morgan fingerprint density at radius 1 is 1.09 bits per heavy atom. The van der Waals surface area contributed by atoms with Crippen LogP contribution < -0.4 is 10.1 Å². The van der Waals surface area contributed by atoms with Crippen LogP contribution in [0.25, 0.3) is 11.3 Å². The standard InChI is InChI=1S/C28H35N3O4/c1-8-34-27(33)28(5,6)35-25-14-9-20(15-19(25)4)17-29-26(32)24-16-23(30-31(24)7)22-12-10-21(11-13-22)18(2)3/h9-16,18H,8,17H2,1-7H3,(H,29,32). The maximum Gasteiger partial charge on any atom is 0.349 e. The summed E-state index contributed by atoms with van der Waals surface area (Å²) in [5.41, 5.74) is 4.17. The molecule has 0 spiro atoms. The Morgan fingerprint density at radius 2 is 1.77 bits per heavy atom. The lowest BCUT2D eigenvalue weighted by atomic mass is 10.0. The lowest BCUT2D eigenvalue weighted by Crippen LogP contribution is -2.39. The van der Waals surface area contributed by atoms with E-state index in [0.29, 0.717) is 30.5 Å². The average Bonchev–Trinajstić information content (AvgIpc) is 3.21. The van der Waals surface area contributed by atoms with Crippen molar-refractivity contribution >= 4 is 11.9 Å². The van der Waals surface area contributed by atoms with Gasteiger partial charge in [0.05, 0.1) is 12.3 Å². The van der Waals surface area contributed by atoms with E-state index in [2.05, 4.69) is 36.4 Å². The number of ether oxygens (including phenoxy) is 2. The number of benzene rings is 2. The first-order valence-corrected chi connectivity index (χ1v) is 11.9. The Morgan fingerprint density at radius 3 is 2.37 bits per heavy atom. The lowest BCUT2D eigenvalue weighted by Gasteiger charge is -2.25. The summed E-state index contributed by atoms with van der Waals surface area (Å²) < 4.78 is 12.6. The Bertz CT molecular complexity index is 1190. The van der Waals surface area contributed by atoms with Gasteiger partial charge < -0.3 is 14.8 Å². The number of carbonyl (C=O) groups is 2. The van der Waals surface area contributed by atoms with Crippen molar-refractivity contribution in [1.29, 1.82) is 0 Å². The van der Waals surface area contributed by atoms with E-state index in [-0.39, 0.29) is 5.91 Å². The smallest absolute Gasteiger partial charge is 0.349 e. The van der Waals surface area contributed by atoms with E-state index < -0.39 is 11.6 Å². The van der Waals surface area contributed by atoms with Gasteiger partial charge in [0.15, 0.2) is 5.60 Å². The van der Waals surface area contributed by atoms with Gasteiger partial charge in [-0.05, 0) is 62.4 Å². The Hall–Kier alpha value is -3.61. The number of nitrogens with one attached hydrogen (secondary N) is 1. The van der Waals surface area contributed by atoms with Crippen LogP contribution in [0.4, 0.5) is 0 Å². The number of carbonyl (C=O) groups excluding carboxylic acids is 2. The highest BCUT2D eigenvalue weighted by Crippen LogP contribution is 2.25. The summed E-state index contributed by atoms with van der Waals surface area (Å²) in [7, 11) is 1.77. The molecule has 2 aromatic carbocycles. The highest BCUT2D eigenvalue weighted by molar-refractivity contribution is 5.93. The van der Waals surface area contributed by atoms with Crippen LogP contribution in [0, 0.1) is 6.92 Å². The van der Waals surface area contributed by atoms with Crippen LogP contribution in [0.5, 0.6) is 5.75 Å². The van der Waals surface area contributed by atoms with Crippen molar-refractivity contribution in [3.8, 4) is 17.0 Å². The molecule has 0 fully saturated rings. The molecule has 7 heteroatoms. The summed E-state index contributed by atoms with van der Waals surface area (Å²) in [6.45, 7) is 12.0. The van der Waals surface area contributed by atoms with Crippen molar-refractivity contribution in [1.82, 2.24) is 15.1 Å². The molecule has 0 aliphatic carbocycles. The van der Waals surface area contributed by atoms with Crippen molar-refractivity contribution in [2.24, 2.45) is 7.05 Å². The SMILES string of the molecule is CCOC(=O)C(C)(C)Oc1ccc(CNC(=O)c2cc(-c3ccc(C(C)C)cc3)nn2C)cc1C. The van der Waals surface area contributed by atoms with Crippen LogP contribution in [0.15, 0.2) is 48.5 Å². The zero-order chi connectivity index (χ0) is 25.8. The van der Waals surface area contributed by atoms with Crippen LogP contribution in [-0.2, 0) is 23.1 Å². The van der Waals surface area contributed by atoms with Crippen LogP contribution in [0.2, 0.25) is 0 Å². The van der Waals surface area contributed by atoms with Crippen molar-refractivity contribution in [3.05, 3.63) is 70.9 Å². The second-order valence-electron chi connectivity index (χ2n) is 9.43. The van der Waals surface area contributed by atoms with Gasteiger partial charge in [0, 0.05) is 19.2 Å². The molecule has 0 aliphatic heterocycles. The molecule has 0 atom stereocenters. The van der Waals surface area contributed by atoms with E-state index >= 15 is 0 Å². The van der Waals surface area contributed by atoms with E-state index in [0.717, 1.165) is 22.4 Å². The normalized spacial score (nSPS) is 11.4. The second kappa shape index (κ2) is 10.8. The molecule has 186 valence electrons. The van der Waals surface area contributed by atoms with Crippen LogP contribution in [-0.4, -0.2) is 33.9 Å². The minimum Gasteiger partial charge on any atom is -0.476 e. The fourth-order valence-corrected chi connectivity index (χ4v) is 3.69. The average molecular weight is 478 g/mol. The number of hydrogen-bond donors (Lipinski definition) is 1. The van der Waals surface area contributed by atoms with Gasteiger partial charge >= 0.3 is 5.97 Å². The summed E-state index contributed by atoms with van der Waals surface area (Å²) in [4.78, 5) is 25.0. The number of nitrogens with zero attached hydrogens (tertiary/aromatic N) is 2. The Labute approximate surface area is 207 Å². The van der Waals surface area contributed by atoms with E-state index in [1.54, 1.807) is 44.6 Å². The van der Waals surface area contributed by atoms with Crippen molar-refractivity contribution < 1.29 is 19.1 Å². The fraction of sp³-hybridized carbons (Fsp3) is 0.393. The zero-order valence-corrected chi connectivity index (χ0v) is 21.6. The molecule has 35 heavy (non-hydrogen) atoms. The number of aromatic nitrogens is 2. The third-order valence-electron chi connectivity index (χ3n) is 5.81. The van der Waals surface area contributed by atoms with Crippen molar-refractivity contribution in [2.75, 3.05) is 6.61 Å². The predicted octanol–water partition coefficient (Wildman–Crippen LogP) is 5.17. The summed E-state index contributed by atoms with van der Waals surface area (Å²) in [5.74, 6) is 0.439. The Kier molecular flexibility index (Phi) is 7.99. The highest BCUT2D eigenvalue weighted by atomic mass is 16.6. The molecule has 0 saturated heterocycles. The monoisotopic (exact) mass is 477 g/mol. The maximum absolute atomic E-state index is 12.9. The molecule has 0 aliphatic rings. The van der Waals surface area contributed by atoms with Gasteiger partial charge in [-0.25, -0.2) is 4.79 Å². The molecule has 0 radical (unpaired) electrons. The van der Waals surface area contributed by atoms with Gasteiger partial charge in [-0.1, -0.05) is 50.2 Å². The quantitative estimate of drug-likeness (QED) is 0.430. The van der Waals surface area contributed by atoms with Gasteiger partial charge in [-0.3, -0.25) is 9.48 Å². The number of amides is 1. The van der Waals surface area contributed by atoms with E-state index in [9.17, 15) is 9.59 Å². The zero-order valence-electron chi connectivity index (χ0n) is 21.6. The Balaban J connectivity index is 1.65. The van der Waals surface area contributed by atoms with E-state index in [1.807, 2.05) is 31.2 Å². The minimum atomic E-state index is -1.09. The molecule has 1 amide bonds. The topological polar surface area (TPSA) is 82.4 Å². The molecule has 0 saturated carbocycles. The minimum absolute atomic E-state index is 0.202. The number of rotatable bonds is 9. The van der Waals surface area contributed by atoms with E-state index in [4.69, 9.17) is 9.47 Å². The molecule has 3 aromatic rings. The second-order valence-corrected chi connectivity index (χ2v) is 9.43. The predicted molar refractivity (Wildman–Crippen MR) is 136 cm³/mol. The fourth-order valence-electron chi connectivity index (χ4n) is 3.69. The molecule has 1 N–H and O–H groups in total. The first-order chi connectivity index (χ1) is 16.5. The van der Waals surface area contributed by atoms with Crippen molar-refractivity contribution in [2.45, 2.75) is 59.6 Å². The van der Waals surface area contributed by atoms with Crippen LogP contribution in [0.1, 0.15) is 67.7 Å². The van der Waals surface area contributed by atoms with Crippen LogP contribution >= 0.6 is 0 Å². The molecular formula is C28H35N3O4. The molecule has 1 heterocycles. The highest BCUT2D eigenvalue weighted by Gasteiger charge is 2.32. The van der Waals surface area contributed by atoms with Gasteiger partial charge in [0.25, 0.3) is 5.91 Å². The maximum atomic E-state index is 12.9.